The number of ketones is 1. The number of fused-ring (bicyclic) bond motifs is 2. The van der Waals surface area contributed by atoms with Gasteiger partial charge in [0.25, 0.3) is 0 Å². The molecule has 4 rings (SSSR count). The molecule has 0 bridgehead atoms. The molecule has 2 nitrogen and oxygen atoms in total. The lowest BCUT2D eigenvalue weighted by Gasteiger charge is -2.04. The Labute approximate surface area is 120 Å². The highest BCUT2D eigenvalue weighted by atomic mass is 16.5. The molecule has 3 aliphatic rings. The molecule has 2 atom stereocenters. The van der Waals surface area contributed by atoms with Gasteiger partial charge in [0.15, 0.2) is 0 Å². The quantitative estimate of drug-likeness (QED) is 0.836. The molecular weight excluding hydrogens is 248 g/mol. The number of rotatable bonds is 4. The largest absolute Gasteiger partial charge is 0.493 e. The van der Waals surface area contributed by atoms with Gasteiger partial charge >= 0.3 is 0 Å². The number of hydrogen-bond donors (Lipinski definition) is 0. The van der Waals surface area contributed by atoms with Crippen LogP contribution in [0.4, 0.5) is 0 Å². The first-order valence-electron chi connectivity index (χ1n) is 8.10. The van der Waals surface area contributed by atoms with Crippen molar-refractivity contribution in [3.05, 3.63) is 29.3 Å². The zero-order chi connectivity index (χ0) is 13.5. The number of aryl methyl sites for hydroxylation is 1. The van der Waals surface area contributed by atoms with E-state index in [1.54, 1.807) is 0 Å². The van der Waals surface area contributed by atoms with E-state index in [4.69, 9.17) is 4.74 Å². The lowest BCUT2D eigenvalue weighted by Crippen LogP contribution is -2.05. The highest BCUT2D eigenvalue weighted by molar-refractivity contribution is 5.84. The fourth-order valence-corrected chi connectivity index (χ4v) is 4.30. The van der Waals surface area contributed by atoms with Crippen LogP contribution in [0.25, 0.3) is 0 Å². The van der Waals surface area contributed by atoms with Crippen molar-refractivity contribution in [2.75, 3.05) is 6.61 Å². The first-order chi connectivity index (χ1) is 9.83. The molecule has 2 saturated carbocycles. The van der Waals surface area contributed by atoms with E-state index in [-0.39, 0.29) is 0 Å². The van der Waals surface area contributed by atoms with Gasteiger partial charge in [0, 0.05) is 18.8 Å². The van der Waals surface area contributed by atoms with Gasteiger partial charge in [-0.25, -0.2) is 0 Å². The summed E-state index contributed by atoms with van der Waals surface area (Å²) in [5, 5.41) is 0. The van der Waals surface area contributed by atoms with Gasteiger partial charge in [0.1, 0.15) is 11.5 Å². The lowest BCUT2D eigenvalue weighted by atomic mass is 10.0. The summed E-state index contributed by atoms with van der Waals surface area (Å²) in [6.07, 6.45) is 7.95. The fourth-order valence-electron chi connectivity index (χ4n) is 4.30. The molecule has 0 amide bonds. The lowest BCUT2D eigenvalue weighted by molar-refractivity contribution is -0.120. The van der Waals surface area contributed by atoms with Gasteiger partial charge in [0.2, 0.25) is 0 Å². The van der Waals surface area contributed by atoms with E-state index in [0.717, 1.165) is 43.5 Å². The van der Waals surface area contributed by atoms with Crippen LogP contribution in [0, 0.1) is 17.8 Å². The SMILES string of the molecule is O=C(CCc1ccc2c(c1)CCO2)C1C2CCCCC21. The minimum atomic E-state index is 0.426. The Bertz CT molecular complexity index is 522. The summed E-state index contributed by atoms with van der Waals surface area (Å²) in [7, 11) is 0. The second-order valence-electron chi connectivity index (χ2n) is 6.64. The Morgan fingerprint density at radius 2 is 2.00 bits per heavy atom. The summed E-state index contributed by atoms with van der Waals surface area (Å²) in [5.41, 5.74) is 2.61. The van der Waals surface area contributed by atoms with Gasteiger partial charge in [-0.1, -0.05) is 25.0 Å². The van der Waals surface area contributed by atoms with Crippen LogP contribution >= 0.6 is 0 Å². The topological polar surface area (TPSA) is 26.3 Å². The van der Waals surface area contributed by atoms with E-state index in [0.29, 0.717) is 11.7 Å². The Hall–Kier alpha value is -1.31. The average Bonchev–Trinajstić information content (AvgIpc) is 3.03. The molecule has 106 valence electrons. The van der Waals surface area contributed by atoms with Crippen LogP contribution in [0.1, 0.15) is 43.2 Å². The third-order valence-electron chi connectivity index (χ3n) is 5.44. The molecular formula is C18H22O2. The van der Waals surface area contributed by atoms with Crippen molar-refractivity contribution in [2.24, 2.45) is 17.8 Å². The Kier molecular flexibility index (Phi) is 3.05. The summed E-state index contributed by atoms with van der Waals surface area (Å²) in [6.45, 7) is 0.809. The van der Waals surface area contributed by atoms with Crippen molar-refractivity contribution >= 4 is 5.78 Å². The average molecular weight is 270 g/mol. The molecule has 1 aromatic rings. The van der Waals surface area contributed by atoms with Gasteiger partial charge in [0.05, 0.1) is 6.61 Å². The van der Waals surface area contributed by atoms with Crippen molar-refractivity contribution < 1.29 is 9.53 Å². The van der Waals surface area contributed by atoms with Crippen molar-refractivity contribution in [1.82, 2.24) is 0 Å². The normalized spacial score (nSPS) is 30.3. The molecule has 2 heteroatoms. The van der Waals surface area contributed by atoms with Crippen molar-refractivity contribution in [1.29, 1.82) is 0 Å². The third kappa shape index (κ3) is 2.15. The number of ether oxygens (including phenoxy) is 1. The molecule has 1 aliphatic heterocycles. The number of benzene rings is 1. The van der Waals surface area contributed by atoms with Crippen molar-refractivity contribution in [3.63, 3.8) is 0 Å². The zero-order valence-electron chi connectivity index (χ0n) is 11.9. The third-order valence-corrected chi connectivity index (χ3v) is 5.44. The Morgan fingerprint density at radius 1 is 1.20 bits per heavy atom. The summed E-state index contributed by atoms with van der Waals surface area (Å²) >= 11 is 0. The minimum Gasteiger partial charge on any atom is -0.493 e. The van der Waals surface area contributed by atoms with Crippen LogP contribution in [-0.2, 0) is 17.6 Å². The van der Waals surface area contributed by atoms with Crippen LogP contribution in [0.2, 0.25) is 0 Å². The van der Waals surface area contributed by atoms with Gasteiger partial charge in [-0.2, -0.15) is 0 Å². The molecule has 0 saturated heterocycles. The second-order valence-corrected chi connectivity index (χ2v) is 6.64. The predicted molar refractivity (Wildman–Crippen MR) is 77.9 cm³/mol. The summed E-state index contributed by atoms with van der Waals surface area (Å²) in [6, 6.07) is 6.42. The monoisotopic (exact) mass is 270 g/mol. The zero-order valence-corrected chi connectivity index (χ0v) is 11.9. The Balaban J connectivity index is 1.35. The molecule has 1 aromatic carbocycles. The summed E-state index contributed by atoms with van der Waals surface area (Å²) < 4.78 is 5.52. The van der Waals surface area contributed by atoms with E-state index in [9.17, 15) is 4.79 Å². The van der Waals surface area contributed by atoms with Gasteiger partial charge in [-0.3, -0.25) is 4.79 Å². The van der Waals surface area contributed by atoms with Gasteiger partial charge < -0.3 is 4.74 Å². The van der Waals surface area contributed by atoms with E-state index >= 15 is 0 Å². The van der Waals surface area contributed by atoms with E-state index < -0.39 is 0 Å². The first-order valence-corrected chi connectivity index (χ1v) is 8.10. The van der Waals surface area contributed by atoms with Gasteiger partial charge in [-0.15, -0.1) is 0 Å². The minimum absolute atomic E-state index is 0.426. The van der Waals surface area contributed by atoms with Crippen LogP contribution in [0.15, 0.2) is 18.2 Å². The van der Waals surface area contributed by atoms with Crippen LogP contribution in [0.5, 0.6) is 5.75 Å². The predicted octanol–water partition coefficient (Wildman–Crippen LogP) is 3.56. The number of Topliss-reactive ketones (excluding diaryl/α,β-unsaturated/α-hetero) is 1. The smallest absolute Gasteiger partial charge is 0.136 e. The molecule has 2 fully saturated rings. The van der Waals surface area contributed by atoms with Crippen molar-refractivity contribution in [3.8, 4) is 5.75 Å². The molecule has 2 unspecified atom stereocenters. The molecule has 0 radical (unpaired) electrons. The number of carbonyl (C=O) groups is 1. The molecule has 20 heavy (non-hydrogen) atoms. The van der Waals surface area contributed by atoms with E-state index in [1.807, 2.05) is 0 Å². The highest BCUT2D eigenvalue weighted by Crippen LogP contribution is 2.56. The Morgan fingerprint density at radius 3 is 2.80 bits per heavy atom. The number of hydrogen-bond acceptors (Lipinski definition) is 2. The van der Waals surface area contributed by atoms with E-state index in [1.165, 1.54) is 36.8 Å². The number of carbonyl (C=O) groups excluding carboxylic acids is 1. The fraction of sp³-hybridized carbons (Fsp3) is 0.611. The van der Waals surface area contributed by atoms with Crippen LogP contribution in [-0.4, -0.2) is 12.4 Å². The molecule has 0 aromatic heterocycles. The summed E-state index contributed by atoms with van der Waals surface area (Å²) in [5.74, 6) is 3.50. The standard InChI is InChI=1S/C18H22O2/c19-16(18-14-3-1-2-4-15(14)18)7-5-12-6-8-17-13(11-12)9-10-20-17/h6,8,11,14-15,18H,1-5,7,9-10H2. The molecule has 1 heterocycles. The molecule has 0 spiro atoms. The van der Waals surface area contributed by atoms with Crippen LogP contribution < -0.4 is 4.74 Å². The van der Waals surface area contributed by atoms with Crippen molar-refractivity contribution in [2.45, 2.75) is 44.9 Å². The second kappa shape index (κ2) is 4.91. The maximum atomic E-state index is 12.4. The summed E-state index contributed by atoms with van der Waals surface area (Å²) in [4.78, 5) is 12.4. The first kappa shape index (κ1) is 12.4. The molecule has 2 aliphatic carbocycles. The van der Waals surface area contributed by atoms with E-state index in [2.05, 4.69) is 18.2 Å². The highest BCUT2D eigenvalue weighted by Gasteiger charge is 2.53. The van der Waals surface area contributed by atoms with Gasteiger partial charge in [-0.05, 0) is 48.3 Å². The van der Waals surface area contributed by atoms with Crippen LogP contribution in [0.3, 0.4) is 0 Å². The molecule has 0 N–H and O–H groups in total. The maximum Gasteiger partial charge on any atom is 0.136 e. The maximum absolute atomic E-state index is 12.4.